The van der Waals surface area contributed by atoms with Gasteiger partial charge in [-0.2, -0.15) is 4.98 Å². The number of nitrogens with zero attached hydrogens (tertiary/aromatic N) is 4. The minimum Gasteiger partial charge on any atom is -0.493 e. The summed E-state index contributed by atoms with van der Waals surface area (Å²) >= 11 is 0. The molecule has 0 saturated heterocycles. The van der Waals surface area contributed by atoms with Crippen LogP contribution in [0.5, 0.6) is 34.5 Å². The van der Waals surface area contributed by atoms with E-state index in [0.717, 1.165) is 11.1 Å². The fourth-order valence-corrected chi connectivity index (χ4v) is 2.98. The molecule has 11 nitrogen and oxygen atoms in total. The van der Waals surface area contributed by atoms with Crippen LogP contribution in [0.4, 0.5) is 11.9 Å². The zero-order chi connectivity index (χ0) is 23.8. The van der Waals surface area contributed by atoms with Crippen LogP contribution in [0.3, 0.4) is 0 Å². The SMILES string of the molecule is COc1cc(/C=N/c2n[nH]c(/N=C/c3cc(OC)c(OC)c(OC)c3)n2)cc(OC)c1OC. The van der Waals surface area contributed by atoms with Gasteiger partial charge in [0, 0.05) is 23.6 Å². The van der Waals surface area contributed by atoms with E-state index in [0.29, 0.717) is 34.5 Å². The molecule has 33 heavy (non-hydrogen) atoms. The molecule has 11 heteroatoms. The topological polar surface area (TPSA) is 122 Å². The van der Waals surface area contributed by atoms with E-state index in [2.05, 4.69) is 25.2 Å². The van der Waals surface area contributed by atoms with Crippen LogP contribution in [0.15, 0.2) is 34.3 Å². The fraction of sp³-hybridized carbons (Fsp3) is 0.273. The molecule has 0 aliphatic rings. The highest BCUT2D eigenvalue weighted by Crippen LogP contribution is 2.38. The van der Waals surface area contributed by atoms with E-state index in [9.17, 15) is 0 Å². The number of hydrogen-bond donors (Lipinski definition) is 1. The number of benzene rings is 2. The first-order valence-electron chi connectivity index (χ1n) is 9.67. The Morgan fingerprint density at radius 3 is 1.45 bits per heavy atom. The fourth-order valence-electron chi connectivity index (χ4n) is 2.98. The third-order valence-electron chi connectivity index (χ3n) is 4.50. The average molecular weight is 455 g/mol. The third-order valence-corrected chi connectivity index (χ3v) is 4.50. The molecule has 1 heterocycles. The van der Waals surface area contributed by atoms with Crippen LogP contribution in [-0.4, -0.2) is 70.3 Å². The molecule has 3 aromatic rings. The molecule has 0 fully saturated rings. The van der Waals surface area contributed by atoms with Gasteiger partial charge in [0.25, 0.3) is 5.95 Å². The summed E-state index contributed by atoms with van der Waals surface area (Å²) in [5.74, 6) is 3.56. The second-order valence-electron chi connectivity index (χ2n) is 6.39. The van der Waals surface area contributed by atoms with Gasteiger partial charge in [-0.15, -0.1) is 5.10 Å². The number of hydrogen-bond acceptors (Lipinski definition) is 10. The van der Waals surface area contributed by atoms with Crippen molar-refractivity contribution in [3.05, 3.63) is 35.4 Å². The number of methoxy groups -OCH3 is 6. The van der Waals surface area contributed by atoms with E-state index in [4.69, 9.17) is 28.4 Å². The minimum absolute atomic E-state index is 0.209. The van der Waals surface area contributed by atoms with E-state index >= 15 is 0 Å². The highest BCUT2D eigenvalue weighted by molar-refractivity contribution is 5.85. The van der Waals surface area contributed by atoms with Gasteiger partial charge in [-0.1, -0.05) is 0 Å². The van der Waals surface area contributed by atoms with E-state index in [-0.39, 0.29) is 11.9 Å². The predicted molar refractivity (Wildman–Crippen MR) is 123 cm³/mol. The zero-order valence-corrected chi connectivity index (χ0v) is 19.2. The zero-order valence-electron chi connectivity index (χ0n) is 19.2. The Morgan fingerprint density at radius 2 is 1.06 bits per heavy atom. The molecule has 0 atom stereocenters. The summed E-state index contributed by atoms with van der Waals surface area (Å²) in [4.78, 5) is 12.8. The molecule has 174 valence electrons. The van der Waals surface area contributed by atoms with Gasteiger partial charge in [-0.25, -0.2) is 15.1 Å². The van der Waals surface area contributed by atoms with Crippen molar-refractivity contribution in [3.8, 4) is 34.5 Å². The van der Waals surface area contributed by atoms with Gasteiger partial charge >= 0.3 is 0 Å². The Kier molecular flexibility index (Phi) is 7.68. The summed E-state index contributed by atoms with van der Waals surface area (Å²) in [6.07, 6.45) is 3.18. The number of aromatic nitrogens is 3. The van der Waals surface area contributed by atoms with Crippen molar-refractivity contribution in [2.45, 2.75) is 0 Å². The molecule has 2 aromatic carbocycles. The number of nitrogens with one attached hydrogen (secondary N) is 1. The Morgan fingerprint density at radius 1 is 0.636 bits per heavy atom. The first kappa shape index (κ1) is 23.4. The average Bonchev–Trinajstić information content (AvgIpc) is 3.32. The van der Waals surface area contributed by atoms with Crippen molar-refractivity contribution in [1.82, 2.24) is 15.2 Å². The van der Waals surface area contributed by atoms with Gasteiger partial charge in [-0.05, 0) is 24.3 Å². The smallest absolute Gasteiger partial charge is 0.269 e. The van der Waals surface area contributed by atoms with E-state index in [1.807, 2.05) is 0 Å². The largest absolute Gasteiger partial charge is 0.493 e. The molecule has 0 amide bonds. The number of ether oxygens (including phenoxy) is 6. The number of rotatable bonds is 10. The maximum atomic E-state index is 5.35. The summed E-state index contributed by atoms with van der Waals surface area (Å²) in [5.41, 5.74) is 1.44. The molecule has 3 rings (SSSR count). The summed E-state index contributed by atoms with van der Waals surface area (Å²) < 4.78 is 32.0. The van der Waals surface area contributed by atoms with Crippen molar-refractivity contribution in [2.75, 3.05) is 42.7 Å². The Balaban J connectivity index is 1.80. The highest BCUT2D eigenvalue weighted by Gasteiger charge is 2.13. The molecular formula is C22H25N5O6. The molecule has 0 bridgehead atoms. The molecule has 0 aliphatic carbocycles. The third kappa shape index (κ3) is 5.32. The van der Waals surface area contributed by atoms with Crippen molar-refractivity contribution >= 4 is 24.3 Å². The quantitative estimate of drug-likeness (QED) is 0.462. The van der Waals surface area contributed by atoms with Crippen LogP contribution in [-0.2, 0) is 0 Å². The molecule has 1 N–H and O–H groups in total. The van der Waals surface area contributed by atoms with Gasteiger partial charge in [-0.3, -0.25) is 0 Å². The maximum absolute atomic E-state index is 5.35. The number of aromatic amines is 1. The first-order chi connectivity index (χ1) is 16.1. The summed E-state index contributed by atoms with van der Waals surface area (Å²) in [6, 6.07) is 7.07. The molecule has 1 aromatic heterocycles. The van der Waals surface area contributed by atoms with Crippen LogP contribution >= 0.6 is 0 Å². The standard InChI is InChI=1S/C22H25N5O6/c1-28-15-7-13(8-16(29-2)19(15)32-5)11-23-21-25-22(27-26-21)24-12-14-9-17(30-3)20(33-6)18(10-14)31-4/h7-12H,1-6H3,(H,25,26,27)/b23-11+,24-12+. The van der Waals surface area contributed by atoms with E-state index in [1.165, 1.54) is 0 Å². The summed E-state index contributed by atoms with van der Waals surface area (Å²) in [5, 5.41) is 6.78. The van der Waals surface area contributed by atoms with Crippen LogP contribution < -0.4 is 28.4 Å². The highest BCUT2D eigenvalue weighted by atomic mass is 16.5. The van der Waals surface area contributed by atoms with E-state index in [1.54, 1.807) is 79.4 Å². The first-order valence-corrected chi connectivity index (χ1v) is 9.67. The molecule has 0 spiro atoms. The van der Waals surface area contributed by atoms with Crippen molar-refractivity contribution in [3.63, 3.8) is 0 Å². The molecular weight excluding hydrogens is 430 g/mol. The molecule has 0 aliphatic heterocycles. The Hall–Kier alpha value is -4.28. The van der Waals surface area contributed by atoms with Gasteiger partial charge in [0.15, 0.2) is 23.0 Å². The van der Waals surface area contributed by atoms with Gasteiger partial charge in [0.1, 0.15) is 0 Å². The van der Waals surface area contributed by atoms with Crippen LogP contribution in [0.25, 0.3) is 0 Å². The van der Waals surface area contributed by atoms with Crippen LogP contribution in [0.1, 0.15) is 11.1 Å². The number of aliphatic imine (C=N–C) groups is 2. The lowest BCUT2D eigenvalue weighted by atomic mass is 10.2. The maximum Gasteiger partial charge on any atom is 0.269 e. The van der Waals surface area contributed by atoms with Gasteiger partial charge < -0.3 is 28.4 Å². The molecule has 0 unspecified atom stereocenters. The van der Waals surface area contributed by atoms with E-state index < -0.39 is 0 Å². The monoisotopic (exact) mass is 455 g/mol. The number of H-pyrrole nitrogens is 1. The van der Waals surface area contributed by atoms with Crippen LogP contribution in [0.2, 0.25) is 0 Å². The molecule has 0 saturated carbocycles. The van der Waals surface area contributed by atoms with Crippen molar-refractivity contribution in [1.29, 1.82) is 0 Å². The Bertz CT molecular complexity index is 1020. The summed E-state index contributed by atoms with van der Waals surface area (Å²) in [6.45, 7) is 0. The summed E-state index contributed by atoms with van der Waals surface area (Å²) in [7, 11) is 9.28. The lowest BCUT2D eigenvalue weighted by Crippen LogP contribution is -1.96. The van der Waals surface area contributed by atoms with Crippen molar-refractivity contribution in [2.24, 2.45) is 9.98 Å². The van der Waals surface area contributed by atoms with Crippen molar-refractivity contribution < 1.29 is 28.4 Å². The lowest BCUT2D eigenvalue weighted by molar-refractivity contribution is 0.324. The second kappa shape index (κ2) is 10.8. The molecule has 0 radical (unpaired) electrons. The predicted octanol–water partition coefficient (Wildman–Crippen LogP) is 3.36. The second-order valence-corrected chi connectivity index (χ2v) is 6.39. The minimum atomic E-state index is 0.209. The lowest BCUT2D eigenvalue weighted by Gasteiger charge is -2.12. The normalized spacial score (nSPS) is 11.1. The Labute approximate surface area is 191 Å². The van der Waals surface area contributed by atoms with Gasteiger partial charge in [0.05, 0.1) is 42.7 Å². The van der Waals surface area contributed by atoms with Crippen LogP contribution in [0, 0.1) is 0 Å². The van der Waals surface area contributed by atoms with Gasteiger partial charge in [0.2, 0.25) is 17.4 Å².